The molecular formula is C11H11F2NaO2. The fourth-order valence-corrected chi connectivity index (χ4v) is 1.78. The zero-order valence-electron chi connectivity index (χ0n) is 9.73. The van der Waals surface area contributed by atoms with E-state index in [1.54, 1.807) is 6.92 Å². The smallest absolute Gasteiger partial charge is 0.544 e. The molecule has 5 heteroatoms. The van der Waals surface area contributed by atoms with Crippen molar-refractivity contribution in [1.29, 1.82) is 0 Å². The van der Waals surface area contributed by atoms with Gasteiger partial charge in [-0.2, -0.15) is 8.78 Å². The van der Waals surface area contributed by atoms with Gasteiger partial charge in [0, 0.05) is 5.56 Å². The number of hydrogen-bond donors (Lipinski definition) is 0. The first kappa shape index (κ1) is 15.6. The van der Waals surface area contributed by atoms with Crippen molar-refractivity contribution in [2.75, 3.05) is 0 Å². The number of carbonyl (C=O) groups is 1. The summed E-state index contributed by atoms with van der Waals surface area (Å²) in [6.45, 7) is 4.69. The van der Waals surface area contributed by atoms with Crippen molar-refractivity contribution in [3.05, 3.63) is 34.4 Å². The molecule has 82 valence electrons. The summed E-state index contributed by atoms with van der Waals surface area (Å²) >= 11 is 0. The maximum atomic E-state index is 13.3. The Balaban J connectivity index is 0.00000225. The van der Waals surface area contributed by atoms with Crippen LogP contribution in [0.5, 0.6) is 0 Å². The van der Waals surface area contributed by atoms with Crippen molar-refractivity contribution in [2.45, 2.75) is 26.7 Å². The van der Waals surface area contributed by atoms with E-state index < -0.39 is 17.5 Å². The van der Waals surface area contributed by atoms with Crippen LogP contribution in [0, 0.1) is 20.8 Å². The zero-order valence-corrected chi connectivity index (χ0v) is 11.7. The van der Waals surface area contributed by atoms with Crippen molar-refractivity contribution >= 4 is 5.97 Å². The molecule has 0 heterocycles. The van der Waals surface area contributed by atoms with Crippen molar-refractivity contribution < 1.29 is 48.2 Å². The van der Waals surface area contributed by atoms with E-state index in [2.05, 4.69) is 0 Å². The molecule has 0 saturated heterocycles. The summed E-state index contributed by atoms with van der Waals surface area (Å²) in [6, 6.07) is 3.05. The second-order valence-corrected chi connectivity index (χ2v) is 3.64. The molecule has 0 aliphatic heterocycles. The fourth-order valence-electron chi connectivity index (χ4n) is 1.78. The first-order valence-corrected chi connectivity index (χ1v) is 4.44. The molecule has 0 fully saturated rings. The largest absolute Gasteiger partial charge is 1.00 e. The Hall–Kier alpha value is -0.450. The monoisotopic (exact) mass is 236 g/mol. The molecular weight excluding hydrogens is 225 g/mol. The Bertz CT molecular complexity index is 393. The Labute approximate surface area is 115 Å². The van der Waals surface area contributed by atoms with Gasteiger partial charge in [-0.1, -0.05) is 17.7 Å². The number of carboxylic acid groups (broad SMARTS) is 1. The van der Waals surface area contributed by atoms with Crippen molar-refractivity contribution in [3.63, 3.8) is 0 Å². The number of rotatable bonds is 2. The van der Waals surface area contributed by atoms with Gasteiger partial charge < -0.3 is 9.90 Å². The normalized spacial score (nSPS) is 10.8. The number of halogens is 2. The van der Waals surface area contributed by atoms with E-state index in [0.717, 1.165) is 5.56 Å². The summed E-state index contributed by atoms with van der Waals surface area (Å²) < 4.78 is 26.5. The first-order chi connectivity index (χ1) is 6.76. The van der Waals surface area contributed by atoms with Gasteiger partial charge in [0.15, 0.2) is 0 Å². The van der Waals surface area contributed by atoms with Crippen LogP contribution in [-0.4, -0.2) is 5.97 Å². The molecule has 0 amide bonds. The van der Waals surface area contributed by atoms with Crippen LogP contribution in [0.2, 0.25) is 0 Å². The van der Waals surface area contributed by atoms with Crippen molar-refractivity contribution in [2.24, 2.45) is 0 Å². The van der Waals surface area contributed by atoms with E-state index in [0.29, 0.717) is 0 Å². The SMILES string of the molecule is Cc1cc(C)c(C(F)(F)C(=O)[O-])c(C)c1.[Na+]. The number of alkyl halides is 2. The topological polar surface area (TPSA) is 40.1 Å². The van der Waals surface area contributed by atoms with E-state index in [4.69, 9.17) is 0 Å². The number of aliphatic carboxylic acids is 1. The number of hydrogen-bond acceptors (Lipinski definition) is 2. The minimum Gasteiger partial charge on any atom is -0.544 e. The molecule has 2 nitrogen and oxygen atoms in total. The molecule has 1 aromatic carbocycles. The van der Waals surface area contributed by atoms with E-state index in [1.165, 1.54) is 26.0 Å². The molecule has 0 aliphatic carbocycles. The van der Waals surface area contributed by atoms with Gasteiger partial charge >= 0.3 is 35.5 Å². The second-order valence-electron chi connectivity index (χ2n) is 3.64. The molecule has 0 saturated carbocycles. The quantitative estimate of drug-likeness (QED) is 0.584. The van der Waals surface area contributed by atoms with E-state index >= 15 is 0 Å². The molecule has 16 heavy (non-hydrogen) atoms. The molecule has 0 bridgehead atoms. The predicted molar refractivity (Wildman–Crippen MR) is 49.6 cm³/mol. The van der Waals surface area contributed by atoms with E-state index in [9.17, 15) is 18.7 Å². The summed E-state index contributed by atoms with van der Waals surface area (Å²) in [5, 5.41) is 10.3. The van der Waals surface area contributed by atoms with Crippen LogP contribution in [0.4, 0.5) is 8.78 Å². The summed E-state index contributed by atoms with van der Waals surface area (Å²) in [6.07, 6.45) is 0. The summed E-state index contributed by atoms with van der Waals surface area (Å²) in [5.74, 6) is -6.29. The van der Waals surface area contributed by atoms with Gasteiger partial charge in [-0.25, -0.2) is 0 Å². The van der Waals surface area contributed by atoms with Gasteiger partial charge in [-0.15, -0.1) is 0 Å². The van der Waals surface area contributed by atoms with Crippen molar-refractivity contribution in [3.8, 4) is 0 Å². The van der Waals surface area contributed by atoms with Gasteiger partial charge in [0.05, 0.1) is 0 Å². The zero-order chi connectivity index (χ0) is 11.8. The molecule has 0 aromatic heterocycles. The minimum absolute atomic E-state index is 0. The van der Waals surface area contributed by atoms with Gasteiger partial charge in [-0.05, 0) is 31.9 Å². The molecule has 0 aliphatic rings. The van der Waals surface area contributed by atoms with Gasteiger partial charge in [0.25, 0.3) is 0 Å². The van der Waals surface area contributed by atoms with Crippen LogP contribution in [0.25, 0.3) is 0 Å². The molecule has 0 spiro atoms. The fraction of sp³-hybridized carbons (Fsp3) is 0.364. The maximum Gasteiger partial charge on any atom is 1.00 e. The Kier molecular flexibility index (Phi) is 5.11. The average molecular weight is 236 g/mol. The number of carbonyl (C=O) groups excluding carboxylic acids is 1. The van der Waals surface area contributed by atoms with Crippen LogP contribution in [-0.2, 0) is 10.7 Å². The maximum absolute atomic E-state index is 13.3. The van der Waals surface area contributed by atoms with Gasteiger partial charge in [0.2, 0.25) is 0 Å². The minimum atomic E-state index is -3.93. The molecule has 1 aromatic rings. The molecule has 0 atom stereocenters. The summed E-state index contributed by atoms with van der Waals surface area (Å²) in [5.41, 5.74) is 0.888. The molecule has 0 N–H and O–H groups in total. The van der Waals surface area contributed by atoms with Crippen LogP contribution in [0.1, 0.15) is 22.3 Å². The Morgan fingerprint density at radius 3 is 1.88 bits per heavy atom. The summed E-state index contributed by atoms with van der Waals surface area (Å²) in [4.78, 5) is 10.3. The standard InChI is InChI=1S/C11H12F2O2.Na/c1-6-4-7(2)9(8(3)5-6)11(12,13)10(14)15;/h4-5H,1-3H3,(H,14,15);/q;+1/p-1. The van der Waals surface area contributed by atoms with Gasteiger partial charge in [0.1, 0.15) is 5.97 Å². The van der Waals surface area contributed by atoms with Gasteiger partial charge in [-0.3, -0.25) is 0 Å². The number of aryl methyl sites for hydroxylation is 3. The second kappa shape index (κ2) is 5.25. The molecule has 0 radical (unpaired) electrons. The Morgan fingerprint density at radius 2 is 1.56 bits per heavy atom. The first-order valence-electron chi connectivity index (χ1n) is 4.44. The molecule has 1 rings (SSSR count). The van der Waals surface area contributed by atoms with Crippen molar-refractivity contribution in [1.82, 2.24) is 0 Å². The summed E-state index contributed by atoms with van der Waals surface area (Å²) in [7, 11) is 0. The third-order valence-electron chi connectivity index (χ3n) is 2.25. The number of carboxylic acids is 1. The third kappa shape index (κ3) is 2.81. The molecule has 0 unspecified atom stereocenters. The Morgan fingerprint density at radius 1 is 1.19 bits per heavy atom. The van der Waals surface area contributed by atoms with Crippen LogP contribution in [0.15, 0.2) is 12.1 Å². The van der Waals surface area contributed by atoms with Crippen LogP contribution < -0.4 is 34.7 Å². The average Bonchev–Trinajstić information content (AvgIpc) is 2.00. The third-order valence-corrected chi connectivity index (χ3v) is 2.25. The predicted octanol–water partition coefficient (Wildman–Crippen LogP) is -1.54. The number of benzene rings is 1. The van der Waals surface area contributed by atoms with Crippen LogP contribution >= 0.6 is 0 Å². The van der Waals surface area contributed by atoms with E-state index in [-0.39, 0.29) is 40.7 Å². The van der Waals surface area contributed by atoms with Crippen LogP contribution in [0.3, 0.4) is 0 Å². The van der Waals surface area contributed by atoms with E-state index in [1.807, 2.05) is 0 Å².